The van der Waals surface area contributed by atoms with E-state index in [1.165, 1.54) is 6.07 Å². The fourth-order valence-electron chi connectivity index (χ4n) is 1.55. The van der Waals surface area contributed by atoms with Crippen LogP contribution >= 0.6 is 0 Å². The summed E-state index contributed by atoms with van der Waals surface area (Å²) in [6.45, 7) is 7.67. The number of carbonyl (C=O) groups is 1. The van der Waals surface area contributed by atoms with Gasteiger partial charge in [0.1, 0.15) is 5.75 Å². The van der Waals surface area contributed by atoms with Gasteiger partial charge in [-0.1, -0.05) is 13.8 Å². The molecule has 0 aliphatic rings. The predicted molar refractivity (Wildman–Crippen MR) is 70.8 cm³/mol. The summed E-state index contributed by atoms with van der Waals surface area (Å²) in [4.78, 5) is 11.8. The third kappa shape index (κ3) is 4.75. The van der Waals surface area contributed by atoms with Gasteiger partial charge >= 0.3 is 0 Å². The van der Waals surface area contributed by atoms with E-state index in [4.69, 9.17) is 4.74 Å². The highest BCUT2D eigenvalue weighted by atomic mass is 16.5. The molecule has 0 aliphatic heterocycles. The van der Waals surface area contributed by atoms with E-state index in [0.29, 0.717) is 31.2 Å². The number of phenolic OH excluding ortho intramolecular Hbond substituents is 1. The summed E-state index contributed by atoms with van der Waals surface area (Å²) in [7, 11) is 0. The number of ether oxygens (including phenoxy) is 1. The van der Waals surface area contributed by atoms with Gasteiger partial charge in [0.15, 0.2) is 0 Å². The lowest BCUT2D eigenvalue weighted by atomic mass is 10.1. The summed E-state index contributed by atoms with van der Waals surface area (Å²) >= 11 is 0. The first-order chi connectivity index (χ1) is 8.50. The summed E-state index contributed by atoms with van der Waals surface area (Å²) < 4.78 is 5.38. The minimum atomic E-state index is -0.138. The molecule has 0 heterocycles. The van der Waals surface area contributed by atoms with Crippen LogP contribution in [0.5, 0.6) is 5.75 Å². The number of hydrogen-bond acceptors (Lipinski definition) is 3. The zero-order valence-electron chi connectivity index (χ0n) is 11.2. The van der Waals surface area contributed by atoms with Crippen LogP contribution < -0.4 is 5.32 Å². The molecule has 1 amide bonds. The third-order valence-electron chi connectivity index (χ3n) is 2.44. The molecule has 1 aromatic carbocycles. The van der Waals surface area contributed by atoms with Crippen LogP contribution in [0.25, 0.3) is 0 Å². The number of phenols is 1. The summed E-state index contributed by atoms with van der Waals surface area (Å²) in [5.41, 5.74) is 1.34. The molecule has 0 atom stereocenters. The maximum atomic E-state index is 11.8. The number of carbonyl (C=O) groups excluding carboxylic acids is 1. The van der Waals surface area contributed by atoms with Crippen LogP contribution in [0.15, 0.2) is 18.2 Å². The first kappa shape index (κ1) is 14.5. The van der Waals surface area contributed by atoms with Gasteiger partial charge in [-0.15, -0.1) is 0 Å². The molecule has 0 saturated heterocycles. The topological polar surface area (TPSA) is 58.6 Å². The molecule has 100 valence electrons. The molecule has 0 spiro atoms. The molecule has 0 radical (unpaired) electrons. The van der Waals surface area contributed by atoms with Crippen molar-refractivity contribution in [2.24, 2.45) is 5.92 Å². The van der Waals surface area contributed by atoms with Gasteiger partial charge < -0.3 is 15.2 Å². The number of amides is 1. The lowest BCUT2D eigenvalue weighted by Crippen LogP contribution is -2.28. The Bertz CT molecular complexity index is 402. The second kappa shape index (κ2) is 7.01. The maximum absolute atomic E-state index is 11.8. The molecule has 1 rings (SSSR count). The SMILES string of the molecule is Cc1cc(O)ccc1C(=O)NCCOCC(C)C. The van der Waals surface area contributed by atoms with Gasteiger partial charge in [-0.2, -0.15) is 0 Å². The molecule has 0 aliphatic carbocycles. The lowest BCUT2D eigenvalue weighted by molar-refractivity contribution is 0.0886. The molecular weight excluding hydrogens is 230 g/mol. The van der Waals surface area contributed by atoms with Crippen molar-refractivity contribution in [1.29, 1.82) is 0 Å². The van der Waals surface area contributed by atoms with E-state index in [1.54, 1.807) is 19.1 Å². The fraction of sp³-hybridized carbons (Fsp3) is 0.500. The summed E-state index contributed by atoms with van der Waals surface area (Å²) in [6, 6.07) is 4.70. The molecule has 0 bridgehead atoms. The van der Waals surface area contributed by atoms with E-state index < -0.39 is 0 Å². The summed E-state index contributed by atoms with van der Waals surface area (Å²) in [6.07, 6.45) is 0. The number of aromatic hydroxyl groups is 1. The highest BCUT2D eigenvalue weighted by Crippen LogP contribution is 2.15. The molecule has 0 fully saturated rings. The van der Waals surface area contributed by atoms with Gasteiger partial charge in [-0.3, -0.25) is 4.79 Å². The molecule has 0 aromatic heterocycles. The molecule has 0 unspecified atom stereocenters. The van der Waals surface area contributed by atoms with Crippen molar-refractivity contribution in [2.75, 3.05) is 19.8 Å². The second-order valence-electron chi connectivity index (χ2n) is 4.72. The van der Waals surface area contributed by atoms with Crippen LogP contribution in [-0.4, -0.2) is 30.8 Å². The number of aryl methyl sites for hydroxylation is 1. The number of benzene rings is 1. The highest BCUT2D eigenvalue weighted by Gasteiger charge is 2.08. The number of hydrogen-bond donors (Lipinski definition) is 2. The van der Waals surface area contributed by atoms with Crippen molar-refractivity contribution in [2.45, 2.75) is 20.8 Å². The fourth-order valence-corrected chi connectivity index (χ4v) is 1.55. The van der Waals surface area contributed by atoms with Crippen LogP contribution in [0.3, 0.4) is 0 Å². The Morgan fingerprint density at radius 3 is 2.78 bits per heavy atom. The third-order valence-corrected chi connectivity index (χ3v) is 2.44. The quantitative estimate of drug-likeness (QED) is 0.761. The standard InChI is InChI=1S/C14H21NO3/c1-10(2)9-18-7-6-15-14(17)13-5-4-12(16)8-11(13)3/h4-5,8,10,16H,6-7,9H2,1-3H3,(H,15,17). The zero-order valence-corrected chi connectivity index (χ0v) is 11.2. The van der Waals surface area contributed by atoms with Gasteiger partial charge in [-0.05, 0) is 36.6 Å². The smallest absolute Gasteiger partial charge is 0.251 e. The summed E-state index contributed by atoms with van der Waals surface area (Å²) in [5, 5.41) is 12.1. The largest absolute Gasteiger partial charge is 0.508 e. The normalized spacial score (nSPS) is 10.7. The van der Waals surface area contributed by atoms with Crippen LogP contribution in [0.2, 0.25) is 0 Å². The lowest BCUT2D eigenvalue weighted by Gasteiger charge is -2.09. The zero-order chi connectivity index (χ0) is 13.5. The van der Waals surface area contributed by atoms with Gasteiger partial charge in [0, 0.05) is 18.7 Å². The number of nitrogens with one attached hydrogen (secondary N) is 1. The van der Waals surface area contributed by atoms with E-state index in [1.807, 2.05) is 0 Å². The Morgan fingerprint density at radius 1 is 1.44 bits per heavy atom. The minimum absolute atomic E-state index is 0.138. The second-order valence-corrected chi connectivity index (χ2v) is 4.72. The molecular formula is C14H21NO3. The average molecular weight is 251 g/mol. The van der Waals surface area contributed by atoms with Crippen LogP contribution in [0.1, 0.15) is 29.8 Å². The van der Waals surface area contributed by atoms with E-state index in [-0.39, 0.29) is 11.7 Å². The first-order valence-electron chi connectivity index (χ1n) is 6.16. The van der Waals surface area contributed by atoms with Gasteiger partial charge in [-0.25, -0.2) is 0 Å². The number of rotatable bonds is 6. The van der Waals surface area contributed by atoms with Crippen molar-refractivity contribution >= 4 is 5.91 Å². The maximum Gasteiger partial charge on any atom is 0.251 e. The minimum Gasteiger partial charge on any atom is -0.508 e. The van der Waals surface area contributed by atoms with E-state index in [2.05, 4.69) is 19.2 Å². The van der Waals surface area contributed by atoms with Crippen molar-refractivity contribution in [1.82, 2.24) is 5.32 Å². The van der Waals surface area contributed by atoms with Crippen LogP contribution in [0, 0.1) is 12.8 Å². The van der Waals surface area contributed by atoms with Crippen molar-refractivity contribution in [3.8, 4) is 5.75 Å². The molecule has 1 aromatic rings. The van der Waals surface area contributed by atoms with Crippen molar-refractivity contribution in [3.05, 3.63) is 29.3 Å². The Labute approximate surface area is 108 Å². The monoisotopic (exact) mass is 251 g/mol. The Hall–Kier alpha value is -1.55. The molecule has 2 N–H and O–H groups in total. The van der Waals surface area contributed by atoms with E-state index in [9.17, 15) is 9.90 Å². The van der Waals surface area contributed by atoms with Crippen LogP contribution in [-0.2, 0) is 4.74 Å². The first-order valence-corrected chi connectivity index (χ1v) is 6.16. The Balaban J connectivity index is 2.36. The predicted octanol–water partition coefficient (Wildman–Crippen LogP) is 2.10. The van der Waals surface area contributed by atoms with Gasteiger partial charge in [0.25, 0.3) is 5.91 Å². The molecule has 4 heteroatoms. The summed E-state index contributed by atoms with van der Waals surface area (Å²) in [5.74, 6) is 0.532. The highest BCUT2D eigenvalue weighted by molar-refractivity contribution is 5.95. The van der Waals surface area contributed by atoms with E-state index in [0.717, 1.165) is 5.56 Å². The molecule has 0 saturated carbocycles. The van der Waals surface area contributed by atoms with Crippen LogP contribution in [0.4, 0.5) is 0 Å². The Morgan fingerprint density at radius 2 is 2.17 bits per heavy atom. The van der Waals surface area contributed by atoms with E-state index >= 15 is 0 Å². The van der Waals surface area contributed by atoms with Crippen molar-refractivity contribution in [3.63, 3.8) is 0 Å². The average Bonchev–Trinajstić information content (AvgIpc) is 2.27. The Kier molecular flexibility index (Phi) is 5.65. The van der Waals surface area contributed by atoms with Crippen molar-refractivity contribution < 1.29 is 14.6 Å². The molecule has 4 nitrogen and oxygen atoms in total. The molecule has 18 heavy (non-hydrogen) atoms. The van der Waals surface area contributed by atoms with Gasteiger partial charge in [0.05, 0.1) is 6.61 Å². The van der Waals surface area contributed by atoms with Gasteiger partial charge in [0.2, 0.25) is 0 Å².